The number of ketones is 1. The second kappa shape index (κ2) is 10.9. The van der Waals surface area contributed by atoms with Crippen molar-refractivity contribution in [3.05, 3.63) is 65.4 Å². The summed E-state index contributed by atoms with van der Waals surface area (Å²) >= 11 is 1.86. The first-order valence-electron chi connectivity index (χ1n) is 10.8. The van der Waals surface area contributed by atoms with Crippen molar-refractivity contribution in [3.8, 4) is 11.5 Å². The maximum Gasteiger partial charge on any atom is 0.279 e. The van der Waals surface area contributed by atoms with Gasteiger partial charge < -0.3 is 14.8 Å². The summed E-state index contributed by atoms with van der Waals surface area (Å²) in [6.45, 7) is 9.63. The highest BCUT2D eigenvalue weighted by Crippen LogP contribution is 2.36. The number of Topliss-reactive ketones (excluding diaryl/α,β-unsaturated/α-hetero) is 1. The fourth-order valence-electron chi connectivity index (χ4n) is 3.45. The number of nitrogens with zero attached hydrogens (tertiary/aromatic N) is 1. The maximum atomic E-state index is 13.2. The summed E-state index contributed by atoms with van der Waals surface area (Å²) < 4.78 is 12.8. The first-order valence-corrected chi connectivity index (χ1v) is 12.3. The number of nitrogens with one attached hydrogen (secondary N) is 1. The summed E-state index contributed by atoms with van der Waals surface area (Å²) in [5, 5.41) is 3.77. The van der Waals surface area contributed by atoms with Crippen molar-refractivity contribution >= 4 is 55.0 Å². The van der Waals surface area contributed by atoms with E-state index in [1.54, 1.807) is 19.1 Å². The van der Waals surface area contributed by atoms with Crippen molar-refractivity contribution in [3.63, 3.8) is 0 Å². The van der Waals surface area contributed by atoms with E-state index in [1.165, 1.54) is 3.11 Å². The SMILES string of the molecule is C=C(CCNC(=O)COc1ccc(C)c(P)c1)N(I)C(=O)C1(C)CC(=O)c2cc(C)ccc2O1. The quantitative estimate of drug-likeness (QED) is 0.286. The average molecular weight is 594 g/mol. The minimum Gasteiger partial charge on any atom is -0.484 e. The van der Waals surface area contributed by atoms with Crippen LogP contribution in [0.2, 0.25) is 0 Å². The van der Waals surface area contributed by atoms with E-state index in [-0.39, 0.29) is 37.2 Å². The van der Waals surface area contributed by atoms with Crippen LogP contribution in [0.5, 0.6) is 11.5 Å². The number of benzene rings is 2. The van der Waals surface area contributed by atoms with E-state index in [0.717, 1.165) is 16.4 Å². The number of carbonyl (C=O) groups is 3. The van der Waals surface area contributed by atoms with Gasteiger partial charge in [-0.15, -0.1) is 9.24 Å². The molecule has 0 aromatic heterocycles. The van der Waals surface area contributed by atoms with Crippen LogP contribution in [0, 0.1) is 13.8 Å². The van der Waals surface area contributed by atoms with Crippen LogP contribution in [0.1, 0.15) is 41.3 Å². The molecule has 3 rings (SSSR count). The standard InChI is InChI=1S/C25H28IN2O5P/c1-15-5-8-21-19(11-15)20(29)13-25(4,33-21)24(31)28(26)17(3)9-10-27-23(30)14-32-18-7-6-16(2)22(34)12-18/h5-8,11-12H,3,9-10,13-14,34H2,1-2,4H3,(H,27,30). The zero-order chi connectivity index (χ0) is 25.0. The van der Waals surface area contributed by atoms with Crippen LogP contribution in [-0.2, 0) is 9.59 Å². The van der Waals surface area contributed by atoms with Gasteiger partial charge in [0.2, 0.25) is 0 Å². The lowest BCUT2D eigenvalue weighted by Gasteiger charge is -2.36. The molecule has 2 amide bonds. The molecule has 1 heterocycles. The minimum absolute atomic E-state index is 0.0554. The summed E-state index contributed by atoms with van der Waals surface area (Å²) in [6, 6.07) is 10.9. The second-order valence-electron chi connectivity index (χ2n) is 8.49. The first-order chi connectivity index (χ1) is 16.0. The Kier molecular flexibility index (Phi) is 8.36. The van der Waals surface area contributed by atoms with Gasteiger partial charge in [0.15, 0.2) is 18.0 Å². The van der Waals surface area contributed by atoms with Crippen LogP contribution in [0.4, 0.5) is 0 Å². The van der Waals surface area contributed by atoms with Crippen LogP contribution >= 0.6 is 32.1 Å². The number of ether oxygens (including phenoxy) is 2. The maximum absolute atomic E-state index is 13.2. The Morgan fingerprint density at radius 3 is 2.71 bits per heavy atom. The fourth-order valence-corrected chi connectivity index (χ4v) is 4.47. The van der Waals surface area contributed by atoms with Gasteiger partial charge in [0.1, 0.15) is 11.5 Å². The summed E-state index contributed by atoms with van der Waals surface area (Å²) in [4.78, 5) is 37.9. The third-order valence-corrected chi connectivity index (χ3v) is 7.28. The molecule has 1 aliphatic heterocycles. The molecule has 0 radical (unpaired) electrons. The lowest BCUT2D eigenvalue weighted by molar-refractivity contribution is -0.139. The van der Waals surface area contributed by atoms with Crippen molar-refractivity contribution < 1.29 is 23.9 Å². The van der Waals surface area contributed by atoms with Crippen LogP contribution in [0.25, 0.3) is 0 Å². The molecule has 0 saturated carbocycles. The summed E-state index contributed by atoms with van der Waals surface area (Å²) in [5.41, 5.74) is 1.73. The van der Waals surface area contributed by atoms with E-state index in [9.17, 15) is 14.4 Å². The Bertz CT molecular complexity index is 1150. The third kappa shape index (κ3) is 6.16. The molecule has 34 heavy (non-hydrogen) atoms. The van der Waals surface area contributed by atoms with Gasteiger partial charge in [-0.2, -0.15) is 0 Å². The third-order valence-electron chi connectivity index (χ3n) is 5.53. The van der Waals surface area contributed by atoms with Gasteiger partial charge in [-0.1, -0.05) is 24.3 Å². The predicted molar refractivity (Wildman–Crippen MR) is 143 cm³/mol. The topological polar surface area (TPSA) is 84.9 Å². The summed E-state index contributed by atoms with van der Waals surface area (Å²) in [6.07, 6.45) is 0.292. The van der Waals surface area contributed by atoms with Crippen molar-refractivity contribution in [1.82, 2.24) is 8.43 Å². The Morgan fingerprint density at radius 2 is 2.00 bits per heavy atom. The lowest BCUT2D eigenvalue weighted by Crippen LogP contribution is -2.51. The van der Waals surface area contributed by atoms with Crippen LogP contribution < -0.4 is 20.1 Å². The number of rotatable bonds is 8. The van der Waals surface area contributed by atoms with E-state index in [4.69, 9.17) is 9.47 Å². The first kappa shape index (κ1) is 26.2. The smallest absolute Gasteiger partial charge is 0.279 e. The predicted octanol–water partition coefficient (Wildman–Crippen LogP) is 3.81. The molecular formula is C25H28IN2O5P. The zero-order valence-electron chi connectivity index (χ0n) is 19.4. The monoisotopic (exact) mass is 594 g/mol. The molecule has 0 bridgehead atoms. The summed E-state index contributed by atoms with van der Waals surface area (Å²) in [7, 11) is 2.63. The molecule has 0 fully saturated rings. The number of amides is 2. The van der Waals surface area contributed by atoms with Gasteiger partial charge in [-0.25, -0.2) is 0 Å². The van der Waals surface area contributed by atoms with E-state index in [0.29, 0.717) is 29.2 Å². The highest BCUT2D eigenvalue weighted by atomic mass is 127. The van der Waals surface area contributed by atoms with Crippen molar-refractivity contribution in [2.75, 3.05) is 13.2 Å². The molecule has 9 heteroatoms. The van der Waals surface area contributed by atoms with Gasteiger partial charge in [0, 0.05) is 18.7 Å². The zero-order valence-corrected chi connectivity index (χ0v) is 22.8. The van der Waals surface area contributed by atoms with E-state index >= 15 is 0 Å². The second-order valence-corrected chi connectivity index (χ2v) is 10.1. The fraction of sp³-hybridized carbons (Fsp3) is 0.320. The molecule has 2 atom stereocenters. The Balaban J connectivity index is 1.49. The van der Waals surface area contributed by atoms with Crippen LogP contribution in [0.3, 0.4) is 0 Å². The summed E-state index contributed by atoms with van der Waals surface area (Å²) in [5.74, 6) is 0.241. The number of hydrogen-bond donors (Lipinski definition) is 1. The number of fused-ring (bicyclic) bond motifs is 1. The molecule has 180 valence electrons. The Labute approximate surface area is 216 Å². The number of halogens is 1. The van der Waals surface area contributed by atoms with Gasteiger partial charge in [0.25, 0.3) is 11.8 Å². The van der Waals surface area contributed by atoms with Crippen molar-refractivity contribution in [1.29, 1.82) is 0 Å². The molecule has 0 spiro atoms. The molecular weight excluding hydrogens is 566 g/mol. The molecule has 2 aromatic carbocycles. The Hall–Kier alpha value is -2.45. The van der Waals surface area contributed by atoms with Gasteiger partial charge in [-0.05, 0) is 55.9 Å². The molecule has 0 aliphatic carbocycles. The van der Waals surface area contributed by atoms with Crippen LogP contribution in [-0.4, -0.2) is 39.5 Å². The number of hydrogen-bond acceptors (Lipinski definition) is 5. The van der Waals surface area contributed by atoms with E-state index in [1.807, 2.05) is 61.0 Å². The lowest BCUT2D eigenvalue weighted by atomic mass is 9.90. The molecule has 1 N–H and O–H groups in total. The minimum atomic E-state index is -1.33. The molecule has 2 aromatic rings. The van der Waals surface area contributed by atoms with Gasteiger partial charge in [-0.3, -0.25) is 17.5 Å². The molecule has 0 saturated heterocycles. The molecule has 2 unspecified atom stereocenters. The number of carbonyl (C=O) groups excluding carboxylic acids is 3. The van der Waals surface area contributed by atoms with Crippen molar-refractivity contribution in [2.45, 2.75) is 39.2 Å². The van der Waals surface area contributed by atoms with E-state index in [2.05, 4.69) is 21.1 Å². The largest absolute Gasteiger partial charge is 0.484 e. The highest BCUT2D eigenvalue weighted by molar-refractivity contribution is 14.1. The van der Waals surface area contributed by atoms with Gasteiger partial charge in [0.05, 0.1) is 34.8 Å². The molecule has 1 aliphatic rings. The van der Waals surface area contributed by atoms with E-state index < -0.39 is 5.60 Å². The van der Waals surface area contributed by atoms with Crippen LogP contribution in [0.15, 0.2) is 48.7 Å². The highest BCUT2D eigenvalue weighted by Gasteiger charge is 2.45. The molecule has 7 nitrogen and oxygen atoms in total. The van der Waals surface area contributed by atoms with Crippen molar-refractivity contribution in [2.24, 2.45) is 0 Å². The normalized spacial score (nSPS) is 16.8. The average Bonchev–Trinajstić information content (AvgIpc) is 2.79. The van der Waals surface area contributed by atoms with Gasteiger partial charge >= 0.3 is 0 Å². The number of aryl methyl sites for hydroxylation is 2. The Morgan fingerprint density at radius 1 is 1.26 bits per heavy atom.